The number of hydrogen-bond donors (Lipinski definition) is 2. The highest BCUT2D eigenvalue weighted by molar-refractivity contribution is 5.91. The molecule has 2 N–H and O–H groups in total. The molecule has 0 saturated carbocycles. The average Bonchev–Trinajstić information content (AvgIpc) is 2.51. The molecule has 0 amide bonds. The van der Waals surface area contributed by atoms with Crippen molar-refractivity contribution in [3.63, 3.8) is 0 Å². The number of nitrogens with zero attached hydrogens (tertiary/aromatic N) is 2. The van der Waals surface area contributed by atoms with Crippen LogP contribution in [0.25, 0.3) is 0 Å². The fourth-order valence-electron chi connectivity index (χ4n) is 2.38. The summed E-state index contributed by atoms with van der Waals surface area (Å²) in [5, 5.41) is 23.8. The number of methoxy groups -OCH3 is 1. The number of nitrogens with one attached hydrogen (secondary N) is 1. The first-order valence-corrected chi connectivity index (χ1v) is 6.57. The summed E-state index contributed by atoms with van der Waals surface area (Å²) in [6, 6.07) is 5.22. The van der Waals surface area contributed by atoms with Crippen molar-refractivity contribution in [2.24, 2.45) is 0 Å². The summed E-state index contributed by atoms with van der Waals surface area (Å²) < 4.78 is 4.79. The largest absolute Gasteiger partial charge is 0.466 e. The molecular weight excluding hydrogens is 290 g/mol. The van der Waals surface area contributed by atoms with Crippen LogP contribution in [0.5, 0.6) is 0 Å². The lowest BCUT2D eigenvalue weighted by Gasteiger charge is -2.38. The third-order valence-electron chi connectivity index (χ3n) is 3.71. The highest BCUT2D eigenvalue weighted by Gasteiger charge is 2.35. The lowest BCUT2D eigenvalue weighted by atomic mass is 9.94. The van der Waals surface area contributed by atoms with Crippen LogP contribution < -0.4 is 5.32 Å². The van der Waals surface area contributed by atoms with Gasteiger partial charge in [0, 0.05) is 24.9 Å². The molecule has 0 saturated heterocycles. The number of aliphatic hydroxyl groups excluding tert-OH is 1. The molecule has 8 heteroatoms. The van der Waals surface area contributed by atoms with Gasteiger partial charge in [0.1, 0.15) is 0 Å². The number of esters is 1. The minimum atomic E-state index is -1.02. The minimum Gasteiger partial charge on any atom is -0.466 e. The Balaban J connectivity index is 2.54. The first-order chi connectivity index (χ1) is 10.4. The quantitative estimate of drug-likeness (QED) is 0.485. The van der Waals surface area contributed by atoms with Crippen molar-refractivity contribution < 1.29 is 19.6 Å². The highest BCUT2D eigenvalue weighted by Crippen LogP contribution is 2.32. The summed E-state index contributed by atoms with van der Waals surface area (Å²) in [5.41, 5.74) is 1.25. The number of aliphatic hydroxyl groups is 1. The van der Waals surface area contributed by atoms with Gasteiger partial charge in [-0.15, -0.1) is 0 Å². The van der Waals surface area contributed by atoms with Gasteiger partial charge in [0.2, 0.25) is 0 Å². The maximum Gasteiger partial charge on any atom is 0.337 e. The standard InChI is InChI=1S/C14H17N3O5/c1-8-11(13(18)22-3)12(15-14(19)16(8)2)9-5-4-6-10(7-9)17(20)21/h4-7,12,14-15,19H,1-3H3/t12-,14-/m1/s1. The molecule has 0 fully saturated rings. The van der Waals surface area contributed by atoms with E-state index in [1.807, 2.05) is 0 Å². The molecule has 1 aliphatic heterocycles. The van der Waals surface area contributed by atoms with Gasteiger partial charge in [0.05, 0.1) is 23.6 Å². The SMILES string of the molecule is COC(=O)C1=C(C)N(C)[C@H](O)N[C@@H]1c1cccc([N+](=O)[O-])c1. The molecule has 1 aliphatic rings. The number of ether oxygens (including phenoxy) is 1. The molecule has 22 heavy (non-hydrogen) atoms. The number of hydrogen-bond acceptors (Lipinski definition) is 7. The second kappa shape index (κ2) is 6.12. The summed E-state index contributed by atoms with van der Waals surface area (Å²) in [5.74, 6) is -0.555. The summed E-state index contributed by atoms with van der Waals surface area (Å²) >= 11 is 0. The molecular formula is C14H17N3O5. The third kappa shape index (κ3) is 2.78. The Morgan fingerprint density at radius 3 is 2.77 bits per heavy atom. The molecule has 1 heterocycles. The van der Waals surface area contributed by atoms with Gasteiger partial charge in [-0.2, -0.15) is 0 Å². The van der Waals surface area contributed by atoms with E-state index in [9.17, 15) is 20.0 Å². The minimum absolute atomic E-state index is 0.0883. The average molecular weight is 307 g/mol. The monoisotopic (exact) mass is 307 g/mol. The molecule has 2 rings (SSSR count). The van der Waals surface area contributed by atoms with Crippen LogP contribution in [0, 0.1) is 10.1 Å². The van der Waals surface area contributed by atoms with Gasteiger partial charge in [-0.1, -0.05) is 12.1 Å². The van der Waals surface area contributed by atoms with Gasteiger partial charge in [0.25, 0.3) is 5.69 Å². The number of benzene rings is 1. The van der Waals surface area contributed by atoms with Crippen molar-refractivity contribution in [3.05, 3.63) is 51.2 Å². The molecule has 0 spiro atoms. The summed E-state index contributed by atoms with van der Waals surface area (Å²) in [4.78, 5) is 24.0. The number of allylic oxidation sites excluding steroid dienone is 1. The second-order valence-corrected chi connectivity index (χ2v) is 4.93. The van der Waals surface area contributed by atoms with Crippen molar-refractivity contribution in [1.29, 1.82) is 0 Å². The molecule has 0 bridgehead atoms. The van der Waals surface area contributed by atoms with Crippen LogP contribution in [0.2, 0.25) is 0 Å². The molecule has 8 nitrogen and oxygen atoms in total. The van der Waals surface area contributed by atoms with Gasteiger partial charge < -0.3 is 14.7 Å². The Bertz CT molecular complexity index is 643. The Hall–Kier alpha value is -2.45. The Morgan fingerprint density at radius 2 is 2.18 bits per heavy atom. The number of nitro groups is 1. The van der Waals surface area contributed by atoms with Crippen LogP contribution in [-0.2, 0) is 9.53 Å². The predicted octanol–water partition coefficient (Wildman–Crippen LogP) is 0.894. The zero-order chi connectivity index (χ0) is 16.4. The number of carbonyl (C=O) groups is 1. The molecule has 118 valence electrons. The van der Waals surface area contributed by atoms with E-state index in [1.54, 1.807) is 20.0 Å². The number of nitro benzene ring substituents is 1. The van der Waals surface area contributed by atoms with Crippen molar-refractivity contribution in [2.75, 3.05) is 14.2 Å². The van der Waals surface area contributed by atoms with Crippen LogP contribution in [0.4, 0.5) is 5.69 Å². The van der Waals surface area contributed by atoms with Gasteiger partial charge in [-0.3, -0.25) is 15.4 Å². The lowest BCUT2D eigenvalue weighted by Crippen LogP contribution is -2.50. The zero-order valence-corrected chi connectivity index (χ0v) is 12.4. The molecule has 0 aliphatic carbocycles. The van der Waals surface area contributed by atoms with Crippen molar-refractivity contribution in [1.82, 2.24) is 10.2 Å². The molecule has 0 aromatic heterocycles. The summed E-state index contributed by atoms with van der Waals surface area (Å²) in [6.45, 7) is 1.68. The van der Waals surface area contributed by atoms with E-state index < -0.39 is 23.3 Å². The van der Waals surface area contributed by atoms with Crippen molar-refractivity contribution in [3.8, 4) is 0 Å². The Kier molecular flexibility index (Phi) is 4.43. The number of rotatable bonds is 3. The second-order valence-electron chi connectivity index (χ2n) is 4.93. The van der Waals surface area contributed by atoms with E-state index in [0.717, 1.165) is 0 Å². The van der Waals surface area contributed by atoms with E-state index in [0.29, 0.717) is 16.8 Å². The summed E-state index contributed by atoms with van der Waals surface area (Å²) in [6.07, 6.45) is -1.02. The van der Waals surface area contributed by atoms with Crippen LogP contribution in [0.3, 0.4) is 0 Å². The van der Waals surface area contributed by atoms with Crippen LogP contribution in [-0.4, -0.2) is 41.4 Å². The molecule has 2 atom stereocenters. The maximum atomic E-state index is 12.1. The van der Waals surface area contributed by atoms with E-state index in [1.165, 1.54) is 30.2 Å². The molecule has 0 radical (unpaired) electrons. The zero-order valence-electron chi connectivity index (χ0n) is 12.4. The number of carbonyl (C=O) groups excluding carboxylic acids is 1. The predicted molar refractivity (Wildman–Crippen MR) is 77.5 cm³/mol. The first kappa shape index (κ1) is 15.9. The fraction of sp³-hybridized carbons (Fsp3) is 0.357. The van der Waals surface area contributed by atoms with E-state index in [-0.39, 0.29) is 5.69 Å². The smallest absolute Gasteiger partial charge is 0.337 e. The van der Waals surface area contributed by atoms with E-state index in [2.05, 4.69) is 5.32 Å². The normalized spacial score (nSPS) is 21.7. The maximum absolute atomic E-state index is 12.1. The van der Waals surface area contributed by atoms with Gasteiger partial charge in [-0.25, -0.2) is 4.79 Å². The lowest BCUT2D eigenvalue weighted by molar-refractivity contribution is -0.384. The first-order valence-electron chi connectivity index (χ1n) is 6.57. The van der Waals surface area contributed by atoms with E-state index >= 15 is 0 Å². The van der Waals surface area contributed by atoms with Gasteiger partial charge in [-0.05, 0) is 12.5 Å². The van der Waals surface area contributed by atoms with Crippen LogP contribution in [0.15, 0.2) is 35.5 Å². The van der Waals surface area contributed by atoms with Crippen molar-refractivity contribution >= 4 is 11.7 Å². The fourth-order valence-corrected chi connectivity index (χ4v) is 2.38. The molecule has 1 aromatic carbocycles. The van der Waals surface area contributed by atoms with Crippen LogP contribution >= 0.6 is 0 Å². The number of non-ortho nitro benzene ring substituents is 1. The highest BCUT2D eigenvalue weighted by atomic mass is 16.6. The van der Waals surface area contributed by atoms with Gasteiger partial charge in [0.15, 0.2) is 6.35 Å². The van der Waals surface area contributed by atoms with Gasteiger partial charge >= 0.3 is 5.97 Å². The Labute approximate surface area is 127 Å². The van der Waals surface area contributed by atoms with Crippen molar-refractivity contribution in [2.45, 2.75) is 19.3 Å². The van der Waals surface area contributed by atoms with E-state index in [4.69, 9.17) is 4.74 Å². The topological polar surface area (TPSA) is 105 Å². The molecule has 0 unspecified atom stereocenters. The molecule has 1 aromatic rings. The third-order valence-corrected chi connectivity index (χ3v) is 3.71. The van der Waals surface area contributed by atoms with Crippen LogP contribution in [0.1, 0.15) is 18.5 Å². The Morgan fingerprint density at radius 1 is 1.50 bits per heavy atom. The summed E-state index contributed by atoms with van der Waals surface area (Å²) in [7, 11) is 2.89.